The van der Waals surface area contributed by atoms with Crippen LogP contribution in [0.1, 0.15) is 39.0 Å². The van der Waals surface area contributed by atoms with E-state index in [-0.39, 0.29) is 0 Å². The van der Waals surface area contributed by atoms with Gasteiger partial charge in [0, 0.05) is 25.6 Å². The van der Waals surface area contributed by atoms with E-state index in [2.05, 4.69) is 47.9 Å². The molecule has 1 aromatic rings. The second kappa shape index (κ2) is 6.37. The van der Waals surface area contributed by atoms with E-state index in [0.29, 0.717) is 6.04 Å². The lowest BCUT2D eigenvalue weighted by Crippen LogP contribution is -2.41. The molecule has 0 N–H and O–H groups in total. The Balaban J connectivity index is 1.88. The van der Waals surface area contributed by atoms with Crippen molar-refractivity contribution in [2.45, 2.75) is 45.6 Å². The summed E-state index contributed by atoms with van der Waals surface area (Å²) in [6.07, 6.45) is 4.33. The predicted octanol–water partition coefficient (Wildman–Crippen LogP) is 2.19. The maximum absolute atomic E-state index is 5.26. The number of aryl methyl sites for hydroxylation is 1. The molecule has 19 heavy (non-hydrogen) atoms. The van der Waals surface area contributed by atoms with Gasteiger partial charge in [-0.05, 0) is 51.4 Å². The number of aromatic nitrogens is 2. The SMILES string of the molecule is CCCc1nc(N2CCC(C(C)N(C)C)CC2)no1. The van der Waals surface area contributed by atoms with Crippen LogP contribution in [0.15, 0.2) is 4.52 Å². The third-order valence-electron chi connectivity index (χ3n) is 4.24. The fourth-order valence-electron chi connectivity index (χ4n) is 2.69. The average molecular weight is 266 g/mol. The van der Waals surface area contributed by atoms with Crippen molar-refractivity contribution in [3.8, 4) is 0 Å². The number of rotatable bonds is 5. The van der Waals surface area contributed by atoms with Crippen LogP contribution in [0.2, 0.25) is 0 Å². The summed E-state index contributed by atoms with van der Waals surface area (Å²) in [6, 6.07) is 0.642. The largest absolute Gasteiger partial charge is 0.338 e. The fourth-order valence-corrected chi connectivity index (χ4v) is 2.69. The molecule has 1 saturated heterocycles. The fraction of sp³-hybridized carbons (Fsp3) is 0.857. The topological polar surface area (TPSA) is 45.4 Å². The van der Waals surface area contributed by atoms with Crippen LogP contribution in [-0.4, -0.2) is 48.3 Å². The van der Waals surface area contributed by atoms with Gasteiger partial charge in [0.25, 0.3) is 5.95 Å². The highest BCUT2D eigenvalue weighted by molar-refractivity contribution is 5.28. The Hall–Kier alpha value is -1.10. The predicted molar refractivity (Wildman–Crippen MR) is 76.4 cm³/mol. The van der Waals surface area contributed by atoms with Crippen LogP contribution < -0.4 is 4.90 Å². The van der Waals surface area contributed by atoms with Crippen molar-refractivity contribution in [1.29, 1.82) is 0 Å². The second-order valence-electron chi connectivity index (χ2n) is 5.77. The van der Waals surface area contributed by atoms with Crippen molar-refractivity contribution in [2.75, 3.05) is 32.1 Å². The third kappa shape index (κ3) is 3.47. The number of hydrogen-bond acceptors (Lipinski definition) is 5. The Bertz CT molecular complexity index is 383. The number of hydrogen-bond donors (Lipinski definition) is 0. The normalized spacial score (nSPS) is 19.1. The minimum Gasteiger partial charge on any atom is -0.338 e. The number of nitrogens with zero attached hydrogens (tertiary/aromatic N) is 4. The Morgan fingerprint density at radius 3 is 2.63 bits per heavy atom. The Kier molecular flexibility index (Phi) is 4.80. The van der Waals surface area contributed by atoms with E-state index in [9.17, 15) is 0 Å². The lowest BCUT2D eigenvalue weighted by Gasteiger charge is -2.36. The van der Waals surface area contributed by atoms with E-state index in [1.165, 1.54) is 12.8 Å². The van der Waals surface area contributed by atoms with Crippen molar-refractivity contribution < 1.29 is 4.52 Å². The molecule has 1 aliphatic heterocycles. The molecule has 108 valence electrons. The molecule has 5 heteroatoms. The first-order valence-electron chi connectivity index (χ1n) is 7.35. The minimum absolute atomic E-state index is 0.642. The smallest absolute Gasteiger partial charge is 0.266 e. The average Bonchev–Trinajstić information content (AvgIpc) is 2.87. The molecule has 1 fully saturated rings. The van der Waals surface area contributed by atoms with E-state index in [4.69, 9.17) is 4.52 Å². The highest BCUT2D eigenvalue weighted by Crippen LogP contribution is 2.25. The van der Waals surface area contributed by atoms with Gasteiger partial charge in [-0.25, -0.2) is 0 Å². The van der Waals surface area contributed by atoms with Crippen molar-refractivity contribution in [2.24, 2.45) is 5.92 Å². The van der Waals surface area contributed by atoms with Crippen LogP contribution >= 0.6 is 0 Å². The maximum Gasteiger partial charge on any atom is 0.266 e. The van der Waals surface area contributed by atoms with Crippen molar-refractivity contribution in [3.05, 3.63) is 5.89 Å². The molecular formula is C14H26N4O. The third-order valence-corrected chi connectivity index (χ3v) is 4.24. The zero-order chi connectivity index (χ0) is 13.8. The van der Waals surface area contributed by atoms with E-state index >= 15 is 0 Å². The zero-order valence-electron chi connectivity index (χ0n) is 12.6. The Morgan fingerprint density at radius 1 is 1.37 bits per heavy atom. The second-order valence-corrected chi connectivity index (χ2v) is 5.77. The van der Waals surface area contributed by atoms with Gasteiger partial charge in [-0.2, -0.15) is 4.98 Å². The molecule has 1 aromatic heterocycles. The molecule has 1 unspecified atom stereocenters. The summed E-state index contributed by atoms with van der Waals surface area (Å²) in [5.41, 5.74) is 0. The van der Waals surface area contributed by atoms with E-state index in [1.807, 2.05) is 0 Å². The monoisotopic (exact) mass is 266 g/mol. The van der Waals surface area contributed by atoms with Crippen LogP contribution in [0.3, 0.4) is 0 Å². The van der Waals surface area contributed by atoms with Gasteiger partial charge >= 0.3 is 0 Å². The van der Waals surface area contributed by atoms with Gasteiger partial charge in [0.05, 0.1) is 0 Å². The molecule has 0 bridgehead atoms. The van der Waals surface area contributed by atoms with Crippen molar-refractivity contribution >= 4 is 5.95 Å². The van der Waals surface area contributed by atoms with Gasteiger partial charge in [0.1, 0.15) is 0 Å². The summed E-state index contributed by atoms with van der Waals surface area (Å²) in [4.78, 5) is 9.03. The zero-order valence-corrected chi connectivity index (χ0v) is 12.6. The molecule has 0 saturated carbocycles. The van der Waals surface area contributed by atoms with Gasteiger partial charge in [-0.3, -0.25) is 0 Å². The lowest BCUT2D eigenvalue weighted by molar-refractivity contribution is 0.198. The number of piperidine rings is 1. The summed E-state index contributed by atoms with van der Waals surface area (Å²) in [5, 5.41) is 4.09. The first-order valence-corrected chi connectivity index (χ1v) is 7.35. The summed E-state index contributed by atoms with van der Waals surface area (Å²) in [5.74, 6) is 2.31. The first-order chi connectivity index (χ1) is 9.11. The van der Waals surface area contributed by atoms with Crippen LogP contribution in [-0.2, 0) is 6.42 Å². The van der Waals surface area contributed by atoms with Crippen LogP contribution in [0.25, 0.3) is 0 Å². The molecule has 0 spiro atoms. The molecule has 0 aromatic carbocycles. The van der Waals surface area contributed by atoms with Crippen molar-refractivity contribution in [3.63, 3.8) is 0 Å². The standard InChI is InChI=1S/C14H26N4O/c1-5-6-13-15-14(16-19-13)18-9-7-12(8-10-18)11(2)17(3)4/h11-12H,5-10H2,1-4H3. The van der Waals surface area contributed by atoms with E-state index < -0.39 is 0 Å². The molecule has 0 radical (unpaired) electrons. The van der Waals surface area contributed by atoms with Crippen LogP contribution in [0, 0.1) is 5.92 Å². The quantitative estimate of drug-likeness (QED) is 0.817. The van der Waals surface area contributed by atoms with E-state index in [1.54, 1.807) is 0 Å². The first kappa shape index (κ1) is 14.3. The summed E-state index contributed by atoms with van der Waals surface area (Å²) < 4.78 is 5.26. The summed E-state index contributed by atoms with van der Waals surface area (Å²) >= 11 is 0. The lowest BCUT2D eigenvalue weighted by atomic mass is 9.90. The van der Waals surface area contributed by atoms with Gasteiger partial charge < -0.3 is 14.3 Å². The molecule has 2 heterocycles. The van der Waals surface area contributed by atoms with Gasteiger partial charge in [-0.1, -0.05) is 6.92 Å². The van der Waals surface area contributed by atoms with Crippen LogP contribution in [0.5, 0.6) is 0 Å². The molecule has 1 atom stereocenters. The molecular weight excluding hydrogens is 240 g/mol. The molecule has 0 aliphatic carbocycles. The maximum atomic E-state index is 5.26. The van der Waals surface area contributed by atoms with Gasteiger partial charge in [0.2, 0.25) is 5.89 Å². The van der Waals surface area contributed by atoms with E-state index in [0.717, 1.165) is 43.7 Å². The van der Waals surface area contributed by atoms with Gasteiger partial charge in [-0.15, -0.1) is 0 Å². The number of anilines is 1. The summed E-state index contributed by atoms with van der Waals surface area (Å²) in [7, 11) is 4.32. The highest BCUT2D eigenvalue weighted by Gasteiger charge is 2.26. The van der Waals surface area contributed by atoms with Crippen LogP contribution in [0.4, 0.5) is 5.95 Å². The minimum atomic E-state index is 0.642. The molecule has 0 amide bonds. The molecule has 5 nitrogen and oxygen atoms in total. The van der Waals surface area contributed by atoms with Gasteiger partial charge in [0.15, 0.2) is 0 Å². The Labute approximate surface area is 116 Å². The highest BCUT2D eigenvalue weighted by atomic mass is 16.5. The molecule has 1 aliphatic rings. The van der Waals surface area contributed by atoms with Crippen molar-refractivity contribution in [1.82, 2.24) is 15.0 Å². The molecule has 2 rings (SSSR count). The summed E-state index contributed by atoms with van der Waals surface area (Å²) in [6.45, 7) is 6.51. The Morgan fingerprint density at radius 2 is 2.05 bits per heavy atom.